The maximum atomic E-state index is 6.11. The van der Waals surface area contributed by atoms with Crippen molar-refractivity contribution in [3.8, 4) is 0 Å². The molecular weight excluding hydrogens is 260 g/mol. The first-order valence-corrected chi connectivity index (χ1v) is 7.56. The first-order chi connectivity index (χ1) is 10.2. The van der Waals surface area contributed by atoms with Crippen LogP contribution in [0.5, 0.6) is 0 Å². The van der Waals surface area contributed by atoms with Gasteiger partial charge in [0.1, 0.15) is 5.82 Å². The molecule has 0 aliphatic rings. The summed E-state index contributed by atoms with van der Waals surface area (Å²) in [5.74, 6) is 0.571. The first-order valence-electron chi connectivity index (χ1n) is 7.56. The minimum atomic E-state index is -0.00602. The van der Waals surface area contributed by atoms with Crippen LogP contribution >= 0.6 is 0 Å². The number of hydrogen-bond donors (Lipinski definition) is 2. The molecule has 0 saturated carbocycles. The van der Waals surface area contributed by atoms with Gasteiger partial charge >= 0.3 is 0 Å². The van der Waals surface area contributed by atoms with E-state index in [2.05, 4.69) is 41.3 Å². The van der Waals surface area contributed by atoms with Crippen molar-refractivity contribution in [2.24, 2.45) is 0 Å². The van der Waals surface area contributed by atoms with E-state index >= 15 is 0 Å². The van der Waals surface area contributed by atoms with Crippen molar-refractivity contribution in [2.75, 3.05) is 12.3 Å². The number of nitrogens with zero attached hydrogens (tertiary/aromatic N) is 2. The third-order valence-electron chi connectivity index (χ3n) is 3.58. The lowest BCUT2D eigenvalue weighted by Gasteiger charge is -2.22. The zero-order chi connectivity index (χ0) is 15.2. The van der Waals surface area contributed by atoms with Crippen molar-refractivity contribution in [1.29, 1.82) is 0 Å². The Bertz CT molecular complexity index is 595. The molecule has 0 spiro atoms. The van der Waals surface area contributed by atoms with Crippen LogP contribution in [-0.4, -0.2) is 16.5 Å². The fourth-order valence-electron chi connectivity index (χ4n) is 2.49. The van der Waals surface area contributed by atoms with Gasteiger partial charge in [0.25, 0.3) is 0 Å². The number of nitrogen functional groups attached to an aromatic ring is 1. The second kappa shape index (κ2) is 7.18. The fraction of sp³-hybridized carbons (Fsp3) is 0.412. The number of nitrogens with two attached hydrogens (primary N) is 1. The maximum absolute atomic E-state index is 6.11. The monoisotopic (exact) mass is 284 g/mol. The highest BCUT2D eigenvalue weighted by Gasteiger charge is 2.20. The van der Waals surface area contributed by atoms with E-state index in [1.54, 1.807) is 6.20 Å². The summed E-state index contributed by atoms with van der Waals surface area (Å²) >= 11 is 0. The Morgan fingerprint density at radius 3 is 2.81 bits per heavy atom. The zero-order valence-electron chi connectivity index (χ0n) is 13.1. The predicted molar refractivity (Wildman–Crippen MR) is 87.1 cm³/mol. The molecule has 4 heteroatoms. The van der Waals surface area contributed by atoms with Gasteiger partial charge in [-0.15, -0.1) is 0 Å². The lowest BCUT2D eigenvalue weighted by molar-refractivity contribution is 0.581. The van der Waals surface area contributed by atoms with Gasteiger partial charge in [0.15, 0.2) is 0 Å². The number of rotatable bonds is 6. The molecule has 0 aliphatic heterocycles. The maximum Gasteiger partial charge on any atom is 0.128 e. The minimum Gasteiger partial charge on any atom is -0.383 e. The Morgan fingerprint density at radius 2 is 2.10 bits per heavy atom. The Balaban J connectivity index is 2.49. The molecule has 0 radical (unpaired) electrons. The van der Waals surface area contributed by atoms with Crippen molar-refractivity contribution >= 4 is 5.82 Å². The third-order valence-corrected chi connectivity index (χ3v) is 3.58. The Labute approximate surface area is 126 Å². The lowest BCUT2D eigenvalue weighted by Crippen LogP contribution is -2.26. The Hall–Kier alpha value is -1.94. The van der Waals surface area contributed by atoms with Gasteiger partial charge < -0.3 is 11.1 Å². The van der Waals surface area contributed by atoms with Gasteiger partial charge in [-0.05, 0) is 49.6 Å². The Morgan fingerprint density at radius 1 is 1.29 bits per heavy atom. The van der Waals surface area contributed by atoms with Crippen molar-refractivity contribution in [3.63, 3.8) is 0 Å². The summed E-state index contributed by atoms with van der Waals surface area (Å²) < 4.78 is 0. The van der Waals surface area contributed by atoms with Gasteiger partial charge in [-0.1, -0.05) is 19.9 Å². The van der Waals surface area contributed by atoms with E-state index in [1.807, 2.05) is 19.2 Å². The van der Waals surface area contributed by atoms with Crippen LogP contribution in [0.15, 0.2) is 30.6 Å². The topological polar surface area (TPSA) is 63.8 Å². The van der Waals surface area contributed by atoms with E-state index in [9.17, 15) is 0 Å². The van der Waals surface area contributed by atoms with Gasteiger partial charge in [-0.25, -0.2) is 4.98 Å². The molecule has 21 heavy (non-hydrogen) atoms. The Kier molecular flexibility index (Phi) is 5.28. The van der Waals surface area contributed by atoms with Gasteiger partial charge in [0.05, 0.1) is 11.7 Å². The highest BCUT2D eigenvalue weighted by molar-refractivity contribution is 5.47. The summed E-state index contributed by atoms with van der Waals surface area (Å²) in [5.41, 5.74) is 10.5. The van der Waals surface area contributed by atoms with E-state index in [4.69, 9.17) is 5.73 Å². The highest BCUT2D eigenvalue weighted by Crippen LogP contribution is 2.27. The third kappa shape index (κ3) is 3.58. The summed E-state index contributed by atoms with van der Waals surface area (Å²) in [7, 11) is 0. The molecule has 112 valence electrons. The van der Waals surface area contributed by atoms with Crippen LogP contribution in [0.25, 0.3) is 0 Å². The molecule has 3 N–H and O–H groups in total. The predicted octanol–water partition coefficient (Wildman–Crippen LogP) is 3.02. The van der Waals surface area contributed by atoms with Crippen molar-refractivity contribution < 1.29 is 0 Å². The molecule has 2 aromatic heterocycles. The number of aromatic nitrogens is 2. The second-order valence-corrected chi connectivity index (χ2v) is 5.28. The molecule has 0 amide bonds. The normalized spacial score (nSPS) is 12.3. The van der Waals surface area contributed by atoms with Crippen LogP contribution in [-0.2, 0) is 6.42 Å². The molecule has 1 unspecified atom stereocenters. The molecule has 1 atom stereocenters. The van der Waals surface area contributed by atoms with Gasteiger partial charge in [0.2, 0.25) is 0 Å². The summed E-state index contributed by atoms with van der Waals surface area (Å²) in [6.07, 6.45) is 5.65. The molecule has 4 nitrogen and oxygen atoms in total. The number of anilines is 1. The average Bonchev–Trinajstić information content (AvgIpc) is 2.51. The zero-order valence-corrected chi connectivity index (χ0v) is 13.1. The van der Waals surface area contributed by atoms with E-state index < -0.39 is 0 Å². The van der Waals surface area contributed by atoms with E-state index in [1.165, 1.54) is 5.56 Å². The highest BCUT2D eigenvalue weighted by atomic mass is 15.0. The second-order valence-electron chi connectivity index (χ2n) is 5.28. The lowest BCUT2D eigenvalue weighted by atomic mass is 9.97. The number of aryl methyl sites for hydroxylation is 2. The standard InChI is InChI=1S/C17H24N4/c1-4-8-19-16(14-10-12(3)11-21-17(14)18)15-13(5-2)7-6-9-20-15/h6-7,9-11,16,19H,4-5,8H2,1-3H3,(H2,18,21). The van der Waals surface area contributed by atoms with Crippen LogP contribution in [0, 0.1) is 6.92 Å². The van der Waals surface area contributed by atoms with E-state index in [0.29, 0.717) is 5.82 Å². The smallest absolute Gasteiger partial charge is 0.128 e. The quantitative estimate of drug-likeness (QED) is 0.856. The number of nitrogens with one attached hydrogen (secondary N) is 1. The average molecular weight is 284 g/mol. The van der Waals surface area contributed by atoms with Crippen molar-refractivity contribution in [3.05, 3.63) is 53.0 Å². The fourth-order valence-corrected chi connectivity index (χ4v) is 2.49. The van der Waals surface area contributed by atoms with Crippen molar-refractivity contribution in [1.82, 2.24) is 15.3 Å². The van der Waals surface area contributed by atoms with Crippen LogP contribution < -0.4 is 11.1 Å². The summed E-state index contributed by atoms with van der Waals surface area (Å²) in [6.45, 7) is 7.25. The van der Waals surface area contributed by atoms with Crippen LogP contribution in [0.1, 0.15) is 48.7 Å². The molecule has 0 fully saturated rings. The van der Waals surface area contributed by atoms with Crippen LogP contribution in [0.4, 0.5) is 5.82 Å². The number of pyridine rings is 2. The van der Waals surface area contributed by atoms with Crippen molar-refractivity contribution in [2.45, 2.75) is 39.7 Å². The van der Waals surface area contributed by atoms with Gasteiger partial charge in [-0.2, -0.15) is 0 Å². The van der Waals surface area contributed by atoms with Gasteiger partial charge in [0, 0.05) is 18.0 Å². The van der Waals surface area contributed by atoms with Crippen LogP contribution in [0.2, 0.25) is 0 Å². The molecule has 0 saturated heterocycles. The molecule has 2 aromatic rings. The molecule has 0 aliphatic carbocycles. The summed E-state index contributed by atoms with van der Waals surface area (Å²) in [6, 6.07) is 6.21. The molecule has 2 rings (SSSR count). The summed E-state index contributed by atoms with van der Waals surface area (Å²) in [5, 5.41) is 3.56. The summed E-state index contributed by atoms with van der Waals surface area (Å²) in [4.78, 5) is 8.90. The SMILES string of the molecule is CCCNC(c1cc(C)cnc1N)c1ncccc1CC. The first kappa shape index (κ1) is 15.4. The largest absolute Gasteiger partial charge is 0.383 e. The van der Waals surface area contributed by atoms with Gasteiger partial charge in [-0.3, -0.25) is 4.98 Å². The minimum absolute atomic E-state index is 0.00602. The van der Waals surface area contributed by atoms with E-state index in [0.717, 1.165) is 36.2 Å². The number of hydrogen-bond acceptors (Lipinski definition) is 4. The molecule has 2 heterocycles. The molecule has 0 bridgehead atoms. The van der Waals surface area contributed by atoms with Crippen LogP contribution in [0.3, 0.4) is 0 Å². The molecule has 0 aromatic carbocycles. The molecular formula is C17H24N4. The van der Waals surface area contributed by atoms with E-state index in [-0.39, 0.29) is 6.04 Å².